The molecule has 148 valence electrons. The van der Waals surface area contributed by atoms with Crippen molar-refractivity contribution >= 4 is 15.7 Å². The smallest absolute Gasteiger partial charge is 0.251 e. The fourth-order valence-corrected chi connectivity index (χ4v) is 4.88. The molecule has 0 aliphatic carbocycles. The highest BCUT2D eigenvalue weighted by atomic mass is 32.2. The third-order valence-corrected chi connectivity index (χ3v) is 6.79. The lowest BCUT2D eigenvalue weighted by Gasteiger charge is -2.45. The lowest BCUT2D eigenvalue weighted by Crippen LogP contribution is -2.53. The van der Waals surface area contributed by atoms with E-state index in [9.17, 15) is 18.3 Å². The summed E-state index contributed by atoms with van der Waals surface area (Å²) in [6.07, 6.45) is 2.83. The second kappa shape index (κ2) is 6.52. The Morgan fingerprint density at radius 1 is 1.25 bits per heavy atom. The summed E-state index contributed by atoms with van der Waals surface area (Å²) in [5.41, 5.74) is -0.456. The maximum Gasteiger partial charge on any atom is 0.251 e. The van der Waals surface area contributed by atoms with Crippen LogP contribution in [0.2, 0.25) is 0 Å². The number of fused-ring (bicyclic) bond motifs is 1. The molecule has 2 unspecified atom stereocenters. The molecule has 0 radical (unpaired) electrons. The average Bonchev–Trinajstić information content (AvgIpc) is 3.08. The summed E-state index contributed by atoms with van der Waals surface area (Å²) >= 11 is 0. The number of rotatable bonds is 3. The molecule has 1 N–H and O–H groups in total. The third-order valence-electron chi connectivity index (χ3n) is 5.22. The standard InChI is InChI=1S/C19H21N3O5S/c1-19(2)17(24)16(22-10-3-5-15(22)23)13-11-12(6-7-14(13)27-19)28(25,26)18-20-8-4-9-21-18/h4,6-9,11,16-17,24H,3,5,10H2,1-2H3. The predicted octanol–water partition coefficient (Wildman–Crippen LogP) is 1.50. The van der Waals surface area contributed by atoms with Crippen molar-refractivity contribution in [1.29, 1.82) is 0 Å². The van der Waals surface area contributed by atoms with Gasteiger partial charge >= 0.3 is 0 Å². The minimum absolute atomic E-state index is 0.00963. The Morgan fingerprint density at radius 3 is 2.61 bits per heavy atom. The molecule has 1 amide bonds. The zero-order chi connectivity index (χ0) is 20.1. The topological polar surface area (TPSA) is 110 Å². The van der Waals surface area contributed by atoms with Crippen molar-refractivity contribution in [3.8, 4) is 5.75 Å². The number of amides is 1. The Kier molecular flexibility index (Phi) is 4.39. The number of aromatic nitrogens is 2. The molecule has 8 nitrogen and oxygen atoms in total. The van der Waals surface area contributed by atoms with Gasteiger partial charge in [0.15, 0.2) is 0 Å². The molecule has 9 heteroatoms. The fraction of sp³-hybridized carbons (Fsp3) is 0.421. The number of carbonyl (C=O) groups excluding carboxylic acids is 1. The Labute approximate surface area is 163 Å². The minimum Gasteiger partial charge on any atom is -0.485 e. The first-order valence-corrected chi connectivity index (χ1v) is 10.5. The molecular formula is C19H21N3O5S. The van der Waals surface area contributed by atoms with Gasteiger partial charge in [-0.05, 0) is 44.5 Å². The Hall–Kier alpha value is -2.52. The number of benzene rings is 1. The number of ether oxygens (including phenoxy) is 1. The van der Waals surface area contributed by atoms with Gasteiger partial charge in [-0.25, -0.2) is 18.4 Å². The van der Waals surface area contributed by atoms with Crippen LogP contribution < -0.4 is 4.74 Å². The number of likely N-dealkylation sites (tertiary alicyclic amines) is 1. The zero-order valence-electron chi connectivity index (χ0n) is 15.6. The fourth-order valence-electron chi connectivity index (χ4n) is 3.74. The summed E-state index contributed by atoms with van der Waals surface area (Å²) in [5.74, 6) is 0.389. The van der Waals surface area contributed by atoms with E-state index in [0.29, 0.717) is 30.7 Å². The predicted molar refractivity (Wildman–Crippen MR) is 98.3 cm³/mol. The van der Waals surface area contributed by atoms with Crippen molar-refractivity contribution in [3.63, 3.8) is 0 Å². The van der Waals surface area contributed by atoms with Crippen LogP contribution in [0.25, 0.3) is 0 Å². The average molecular weight is 403 g/mol. The summed E-state index contributed by atoms with van der Waals surface area (Å²) in [4.78, 5) is 21.7. The van der Waals surface area contributed by atoms with Crippen molar-refractivity contribution in [2.75, 3.05) is 6.54 Å². The molecule has 2 aliphatic heterocycles. The van der Waals surface area contributed by atoms with E-state index in [0.717, 1.165) is 0 Å². The zero-order valence-corrected chi connectivity index (χ0v) is 16.4. The summed E-state index contributed by atoms with van der Waals surface area (Å²) in [6, 6.07) is 5.30. The molecule has 1 saturated heterocycles. The molecule has 0 saturated carbocycles. The third kappa shape index (κ3) is 2.94. The van der Waals surface area contributed by atoms with Crippen molar-refractivity contribution in [2.24, 2.45) is 0 Å². The lowest BCUT2D eigenvalue weighted by molar-refractivity contribution is -0.139. The summed E-state index contributed by atoms with van der Waals surface area (Å²) in [7, 11) is -3.94. The highest BCUT2D eigenvalue weighted by Crippen LogP contribution is 2.45. The first kappa shape index (κ1) is 18.8. The van der Waals surface area contributed by atoms with Crippen LogP contribution in [-0.4, -0.2) is 52.5 Å². The number of nitrogens with zero attached hydrogens (tertiary/aromatic N) is 3. The Morgan fingerprint density at radius 2 is 1.96 bits per heavy atom. The molecule has 2 aliphatic rings. The SMILES string of the molecule is CC1(C)Oc2ccc(S(=O)(=O)c3ncccn3)cc2C(N2CCCC2=O)C1O. The maximum atomic E-state index is 12.9. The van der Waals surface area contributed by atoms with Crippen molar-refractivity contribution in [2.45, 2.75) is 54.5 Å². The maximum absolute atomic E-state index is 12.9. The Bertz CT molecular complexity index is 1020. The van der Waals surface area contributed by atoms with Crippen molar-refractivity contribution in [3.05, 3.63) is 42.2 Å². The molecular weight excluding hydrogens is 382 g/mol. The van der Waals surface area contributed by atoms with Crippen LogP contribution in [0.1, 0.15) is 38.3 Å². The minimum atomic E-state index is -3.94. The van der Waals surface area contributed by atoms with E-state index >= 15 is 0 Å². The van der Waals surface area contributed by atoms with Gasteiger partial charge in [-0.2, -0.15) is 0 Å². The van der Waals surface area contributed by atoms with Crippen LogP contribution in [0.15, 0.2) is 46.7 Å². The van der Waals surface area contributed by atoms with Gasteiger partial charge in [0.05, 0.1) is 10.9 Å². The second-order valence-electron chi connectivity index (χ2n) is 7.52. The molecule has 1 aromatic heterocycles. The van der Waals surface area contributed by atoms with Gasteiger partial charge in [-0.1, -0.05) is 0 Å². The molecule has 28 heavy (non-hydrogen) atoms. The first-order chi connectivity index (χ1) is 13.2. The van der Waals surface area contributed by atoms with Crippen LogP contribution >= 0.6 is 0 Å². The number of hydrogen-bond acceptors (Lipinski definition) is 7. The van der Waals surface area contributed by atoms with E-state index in [1.807, 2.05) is 0 Å². The molecule has 2 aromatic rings. The van der Waals surface area contributed by atoms with Gasteiger partial charge in [-0.3, -0.25) is 4.79 Å². The number of carbonyl (C=O) groups is 1. The van der Waals surface area contributed by atoms with Crippen LogP contribution in [-0.2, 0) is 14.6 Å². The normalized spacial score (nSPS) is 24.0. The lowest BCUT2D eigenvalue weighted by atomic mass is 9.85. The van der Waals surface area contributed by atoms with Gasteiger partial charge in [0, 0.05) is 30.9 Å². The van der Waals surface area contributed by atoms with Gasteiger partial charge in [-0.15, -0.1) is 0 Å². The van der Waals surface area contributed by atoms with E-state index in [1.165, 1.54) is 30.6 Å². The van der Waals surface area contributed by atoms with Gasteiger partial charge in [0.1, 0.15) is 17.5 Å². The monoisotopic (exact) mass is 403 g/mol. The van der Waals surface area contributed by atoms with Crippen LogP contribution in [0.5, 0.6) is 5.75 Å². The highest BCUT2D eigenvalue weighted by molar-refractivity contribution is 7.91. The second-order valence-corrected chi connectivity index (χ2v) is 9.36. The number of aliphatic hydroxyl groups excluding tert-OH is 1. The summed E-state index contributed by atoms with van der Waals surface area (Å²) in [6.45, 7) is 4.00. The van der Waals surface area contributed by atoms with E-state index in [4.69, 9.17) is 4.74 Å². The number of sulfone groups is 1. The molecule has 3 heterocycles. The van der Waals surface area contributed by atoms with E-state index in [2.05, 4.69) is 9.97 Å². The van der Waals surface area contributed by atoms with Crippen LogP contribution in [0.3, 0.4) is 0 Å². The van der Waals surface area contributed by atoms with E-state index in [-0.39, 0.29) is 16.0 Å². The van der Waals surface area contributed by atoms with Gasteiger partial charge in [0.2, 0.25) is 15.7 Å². The van der Waals surface area contributed by atoms with Crippen molar-refractivity contribution < 1.29 is 23.1 Å². The summed E-state index contributed by atoms with van der Waals surface area (Å²) < 4.78 is 31.7. The quantitative estimate of drug-likeness (QED) is 0.774. The van der Waals surface area contributed by atoms with Crippen LogP contribution in [0.4, 0.5) is 0 Å². The molecule has 2 atom stereocenters. The molecule has 0 bridgehead atoms. The molecule has 0 spiro atoms. The first-order valence-electron chi connectivity index (χ1n) is 9.04. The van der Waals surface area contributed by atoms with Gasteiger partial charge < -0.3 is 14.7 Å². The molecule has 4 rings (SSSR count). The molecule has 1 fully saturated rings. The van der Waals surface area contributed by atoms with Crippen LogP contribution in [0, 0.1) is 0 Å². The van der Waals surface area contributed by atoms with E-state index in [1.54, 1.807) is 24.8 Å². The number of hydrogen-bond donors (Lipinski definition) is 1. The Balaban J connectivity index is 1.85. The molecule has 1 aromatic carbocycles. The van der Waals surface area contributed by atoms with E-state index < -0.39 is 27.6 Å². The van der Waals surface area contributed by atoms with Crippen molar-refractivity contribution in [1.82, 2.24) is 14.9 Å². The highest BCUT2D eigenvalue weighted by Gasteiger charge is 2.47. The number of aliphatic hydroxyl groups is 1. The largest absolute Gasteiger partial charge is 0.485 e. The summed E-state index contributed by atoms with van der Waals surface area (Å²) in [5, 5.41) is 10.6. The van der Waals surface area contributed by atoms with Gasteiger partial charge in [0.25, 0.3) is 5.16 Å².